The summed E-state index contributed by atoms with van der Waals surface area (Å²) in [6, 6.07) is 0. The topological polar surface area (TPSA) is 38.8 Å². The van der Waals surface area contributed by atoms with E-state index in [2.05, 4.69) is 6.92 Å². The Bertz CT molecular complexity index is 163. The third-order valence-electron chi connectivity index (χ3n) is 2.27. The molecule has 1 saturated heterocycles. The molecule has 0 radical (unpaired) electrons. The van der Waals surface area contributed by atoms with Crippen LogP contribution in [0.25, 0.3) is 0 Å². The molecular formula is C10H19NO3. The molecule has 1 unspecified atom stereocenters. The Hall–Kier alpha value is -0.610. The summed E-state index contributed by atoms with van der Waals surface area (Å²) in [4.78, 5) is 12.2. The number of hydrogen-bond donors (Lipinski definition) is 0. The minimum atomic E-state index is -0.217. The van der Waals surface area contributed by atoms with Crippen molar-refractivity contribution in [2.24, 2.45) is 0 Å². The first-order chi connectivity index (χ1) is 6.86. The van der Waals surface area contributed by atoms with Gasteiger partial charge in [0.25, 0.3) is 0 Å². The molecule has 1 fully saturated rings. The van der Waals surface area contributed by atoms with E-state index in [0.717, 1.165) is 19.4 Å². The highest BCUT2D eigenvalue weighted by Gasteiger charge is 2.18. The Kier molecular flexibility index (Phi) is 5.56. The highest BCUT2D eigenvalue weighted by atomic mass is 16.7. The molecule has 0 aromatic rings. The van der Waals surface area contributed by atoms with Crippen LogP contribution in [0.4, 0.5) is 0 Å². The number of nitrogens with zero attached hydrogens (tertiary/aromatic N) is 1. The van der Waals surface area contributed by atoms with Gasteiger partial charge in [-0.15, -0.1) is 0 Å². The van der Waals surface area contributed by atoms with Gasteiger partial charge < -0.3 is 14.4 Å². The largest absolute Gasteiger partial charge is 0.351 e. The van der Waals surface area contributed by atoms with Gasteiger partial charge in [-0.3, -0.25) is 4.79 Å². The maximum absolute atomic E-state index is 10.5. The fraction of sp³-hybridized carbons (Fsp3) is 0.900. The van der Waals surface area contributed by atoms with Crippen molar-refractivity contribution in [2.75, 3.05) is 26.3 Å². The van der Waals surface area contributed by atoms with Crippen molar-refractivity contribution in [3.63, 3.8) is 0 Å². The Morgan fingerprint density at radius 1 is 1.57 bits per heavy atom. The third kappa shape index (κ3) is 4.07. The number of ether oxygens (including phenoxy) is 2. The lowest BCUT2D eigenvalue weighted by Gasteiger charge is -2.29. The van der Waals surface area contributed by atoms with E-state index in [1.807, 2.05) is 0 Å². The van der Waals surface area contributed by atoms with E-state index >= 15 is 0 Å². The molecule has 14 heavy (non-hydrogen) atoms. The predicted octanol–water partition coefficient (Wildman–Crippen LogP) is 1.01. The van der Waals surface area contributed by atoms with Gasteiger partial charge in [-0.25, -0.2) is 0 Å². The van der Waals surface area contributed by atoms with Crippen LogP contribution in [0, 0.1) is 0 Å². The van der Waals surface area contributed by atoms with Gasteiger partial charge in [0, 0.05) is 13.2 Å². The van der Waals surface area contributed by atoms with Crippen LogP contribution < -0.4 is 0 Å². The number of amides is 1. The Labute approximate surface area is 85.2 Å². The lowest BCUT2D eigenvalue weighted by molar-refractivity contribution is -0.180. The summed E-state index contributed by atoms with van der Waals surface area (Å²) >= 11 is 0. The zero-order valence-electron chi connectivity index (χ0n) is 8.78. The molecule has 0 bridgehead atoms. The lowest BCUT2D eigenvalue weighted by atomic mass is 10.3. The van der Waals surface area contributed by atoms with Crippen LogP contribution in [0.5, 0.6) is 0 Å². The molecule has 82 valence electrons. The van der Waals surface area contributed by atoms with Crippen LogP contribution in [-0.2, 0) is 14.3 Å². The van der Waals surface area contributed by atoms with Crippen molar-refractivity contribution in [3.8, 4) is 0 Å². The van der Waals surface area contributed by atoms with Crippen molar-refractivity contribution in [2.45, 2.75) is 32.5 Å². The molecule has 4 heteroatoms. The maximum atomic E-state index is 10.5. The summed E-state index contributed by atoms with van der Waals surface area (Å²) < 4.78 is 10.9. The van der Waals surface area contributed by atoms with Gasteiger partial charge in [0.1, 0.15) is 0 Å². The fourth-order valence-electron chi connectivity index (χ4n) is 1.40. The van der Waals surface area contributed by atoms with Crippen LogP contribution in [0.15, 0.2) is 0 Å². The molecule has 0 saturated carbocycles. The first kappa shape index (κ1) is 11.5. The molecule has 1 amide bonds. The van der Waals surface area contributed by atoms with Crippen molar-refractivity contribution in [1.29, 1.82) is 0 Å². The minimum absolute atomic E-state index is 0.217. The van der Waals surface area contributed by atoms with Crippen LogP contribution in [0.2, 0.25) is 0 Å². The minimum Gasteiger partial charge on any atom is -0.351 e. The van der Waals surface area contributed by atoms with Crippen molar-refractivity contribution in [1.82, 2.24) is 4.90 Å². The van der Waals surface area contributed by atoms with Gasteiger partial charge in [-0.1, -0.05) is 19.8 Å². The third-order valence-corrected chi connectivity index (χ3v) is 2.27. The number of carbonyl (C=O) groups excluding carboxylic acids is 1. The second-order valence-corrected chi connectivity index (χ2v) is 3.48. The molecule has 0 spiro atoms. The SMILES string of the molecule is CCCCCOC1CN(C=O)CCO1. The summed E-state index contributed by atoms with van der Waals surface area (Å²) in [7, 11) is 0. The molecular weight excluding hydrogens is 182 g/mol. The highest BCUT2D eigenvalue weighted by Crippen LogP contribution is 2.06. The van der Waals surface area contributed by atoms with Gasteiger partial charge in [-0.05, 0) is 6.42 Å². The standard InChI is InChI=1S/C10H19NO3/c1-2-3-4-6-13-10-8-11(9-12)5-7-14-10/h9-10H,2-8H2,1H3. The fourth-order valence-corrected chi connectivity index (χ4v) is 1.40. The first-order valence-electron chi connectivity index (χ1n) is 5.29. The molecule has 0 aromatic carbocycles. The van der Waals surface area contributed by atoms with Gasteiger partial charge >= 0.3 is 0 Å². The number of rotatable bonds is 6. The monoisotopic (exact) mass is 201 g/mol. The normalized spacial score (nSPS) is 22.4. The van der Waals surface area contributed by atoms with E-state index in [1.165, 1.54) is 12.8 Å². The van der Waals surface area contributed by atoms with Crippen molar-refractivity contribution < 1.29 is 14.3 Å². The van der Waals surface area contributed by atoms with Crippen LogP contribution in [0.3, 0.4) is 0 Å². The van der Waals surface area contributed by atoms with Gasteiger partial charge in [0.2, 0.25) is 6.41 Å². The summed E-state index contributed by atoms with van der Waals surface area (Å²) in [5.74, 6) is 0. The predicted molar refractivity (Wildman–Crippen MR) is 52.9 cm³/mol. The van der Waals surface area contributed by atoms with E-state index in [0.29, 0.717) is 19.7 Å². The molecule has 0 N–H and O–H groups in total. The number of morpholine rings is 1. The average Bonchev–Trinajstić information content (AvgIpc) is 2.25. The summed E-state index contributed by atoms with van der Waals surface area (Å²) in [6.45, 7) is 4.71. The lowest BCUT2D eigenvalue weighted by Crippen LogP contribution is -2.42. The second-order valence-electron chi connectivity index (χ2n) is 3.48. The van der Waals surface area contributed by atoms with Crippen molar-refractivity contribution in [3.05, 3.63) is 0 Å². The van der Waals surface area contributed by atoms with E-state index in [-0.39, 0.29) is 6.29 Å². The first-order valence-corrected chi connectivity index (χ1v) is 5.29. The number of hydrogen-bond acceptors (Lipinski definition) is 3. The molecule has 1 heterocycles. The second kappa shape index (κ2) is 6.79. The molecule has 1 aliphatic heterocycles. The molecule has 0 aromatic heterocycles. The molecule has 1 rings (SSSR count). The van der Waals surface area contributed by atoms with Gasteiger partial charge in [0.15, 0.2) is 6.29 Å². The molecule has 1 aliphatic rings. The van der Waals surface area contributed by atoms with Crippen LogP contribution in [-0.4, -0.2) is 43.9 Å². The van der Waals surface area contributed by atoms with Crippen molar-refractivity contribution >= 4 is 6.41 Å². The Morgan fingerprint density at radius 3 is 3.14 bits per heavy atom. The summed E-state index contributed by atoms with van der Waals surface area (Å²) in [5.41, 5.74) is 0. The Morgan fingerprint density at radius 2 is 2.43 bits per heavy atom. The van der Waals surface area contributed by atoms with E-state index < -0.39 is 0 Å². The molecule has 4 nitrogen and oxygen atoms in total. The average molecular weight is 201 g/mol. The highest BCUT2D eigenvalue weighted by molar-refractivity contribution is 5.47. The zero-order chi connectivity index (χ0) is 10.2. The summed E-state index contributed by atoms with van der Waals surface area (Å²) in [6.07, 6.45) is 4.08. The number of unbranched alkanes of at least 4 members (excludes halogenated alkanes) is 2. The van der Waals surface area contributed by atoms with E-state index in [9.17, 15) is 4.79 Å². The van der Waals surface area contributed by atoms with E-state index in [4.69, 9.17) is 9.47 Å². The van der Waals surface area contributed by atoms with Gasteiger partial charge in [0.05, 0.1) is 13.2 Å². The Balaban J connectivity index is 2.08. The van der Waals surface area contributed by atoms with Crippen LogP contribution >= 0.6 is 0 Å². The van der Waals surface area contributed by atoms with E-state index in [1.54, 1.807) is 4.90 Å². The van der Waals surface area contributed by atoms with Crippen LogP contribution in [0.1, 0.15) is 26.2 Å². The number of carbonyl (C=O) groups is 1. The molecule has 0 aliphatic carbocycles. The smallest absolute Gasteiger partial charge is 0.209 e. The molecule has 1 atom stereocenters. The summed E-state index contributed by atoms with van der Waals surface area (Å²) in [5, 5.41) is 0. The maximum Gasteiger partial charge on any atom is 0.209 e. The van der Waals surface area contributed by atoms with Gasteiger partial charge in [-0.2, -0.15) is 0 Å². The zero-order valence-corrected chi connectivity index (χ0v) is 8.78. The quantitative estimate of drug-likeness (QED) is 0.475.